The fraction of sp³-hybridized carbons (Fsp3) is 0.462. The van der Waals surface area contributed by atoms with Gasteiger partial charge in [0, 0.05) is 29.9 Å². The third-order valence-corrected chi connectivity index (χ3v) is 3.43. The van der Waals surface area contributed by atoms with E-state index in [1.54, 1.807) is 0 Å². The third-order valence-electron chi connectivity index (χ3n) is 3.43. The molecule has 0 bridgehead atoms. The first kappa shape index (κ1) is 9.85. The molecule has 0 amide bonds. The minimum atomic E-state index is 0.622. The van der Waals surface area contributed by atoms with Crippen LogP contribution in [0.5, 0.6) is 0 Å². The van der Waals surface area contributed by atoms with Gasteiger partial charge in [-0.05, 0) is 44.5 Å². The third kappa shape index (κ3) is 1.61. The molecule has 1 atom stereocenters. The van der Waals surface area contributed by atoms with Crippen LogP contribution in [-0.2, 0) is 6.54 Å². The SMILES string of the molecule is Cc1cc2cccnc2n1CC1CCCN1. The Bertz CT molecular complexity index is 495. The van der Waals surface area contributed by atoms with Crippen molar-refractivity contribution in [2.24, 2.45) is 0 Å². The Morgan fingerprint density at radius 2 is 2.50 bits per heavy atom. The molecule has 0 saturated carbocycles. The van der Waals surface area contributed by atoms with Crippen molar-refractivity contribution in [3.05, 3.63) is 30.1 Å². The van der Waals surface area contributed by atoms with Gasteiger partial charge in [0.15, 0.2) is 0 Å². The number of hydrogen-bond donors (Lipinski definition) is 1. The summed E-state index contributed by atoms with van der Waals surface area (Å²) in [5.74, 6) is 0. The van der Waals surface area contributed by atoms with Gasteiger partial charge in [-0.1, -0.05) is 0 Å². The molecule has 2 aromatic rings. The molecule has 1 aliphatic heterocycles. The fourth-order valence-corrected chi connectivity index (χ4v) is 2.58. The molecular formula is C13H17N3. The average Bonchev–Trinajstić information content (AvgIpc) is 2.89. The minimum Gasteiger partial charge on any atom is -0.328 e. The van der Waals surface area contributed by atoms with Crippen molar-refractivity contribution < 1.29 is 0 Å². The number of hydrogen-bond acceptors (Lipinski definition) is 2. The lowest BCUT2D eigenvalue weighted by molar-refractivity contribution is 0.511. The van der Waals surface area contributed by atoms with Gasteiger partial charge in [0.05, 0.1) is 0 Å². The van der Waals surface area contributed by atoms with Gasteiger partial charge < -0.3 is 9.88 Å². The first-order valence-electron chi connectivity index (χ1n) is 5.99. The molecule has 0 aliphatic carbocycles. The van der Waals surface area contributed by atoms with E-state index in [-0.39, 0.29) is 0 Å². The van der Waals surface area contributed by atoms with Gasteiger partial charge in [-0.2, -0.15) is 0 Å². The molecule has 0 aromatic carbocycles. The summed E-state index contributed by atoms with van der Waals surface area (Å²) in [7, 11) is 0. The fourth-order valence-electron chi connectivity index (χ4n) is 2.58. The molecule has 3 heteroatoms. The van der Waals surface area contributed by atoms with E-state index in [1.165, 1.54) is 23.9 Å². The number of nitrogens with one attached hydrogen (secondary N) is 1. The van der Waals surface area contributed by atoms with Crippen molar-refractivity contribution in [2.45, 2.75) is 32.4 Å². The maximum Gasteiger partial charge on any atom is 0.140 e. The molecule has 0 spiro atoms. The molecule has 16 heavy (non-hydrogen) atoms. The van der Waals surface area contributed by atoms with Crippen LogP contribution in [0.2, 0.25) is 0 Å². The van der Waals surface area contributed by atoms with Crippen LogP contribution in [0.4, 0.5) is 0 Å². The van der Waals surface area contributed by atoms with E-state index in [0.717, 1.165) is 18.7 Å². The van der Waals surface area contributed by atoms with Crippen molar-refractivity contribution in [1.29, 1.82) is 0 Å². The van der Waals surface area contributed by atoms with E-state index >= 15 is 0 Å². The molecule has 1 saturated heterocycles. The zero-order chi connectivity index (χ0) is 11.0. The first-order chi connectivity index (χ1) is 7.84. The monoisotopic (exact) mass is 215 g/mol. The maximum atomic E-state index is 4.48. The quantitative estimate of drug-likeness (QED) is 0.831. The normalized spacial score (nSPS) is 20.7. The molecule has 3 nitrogen and oxygen atoms in total. The zero-order valence-corrected chi connectivity index (χ0v) is 9.61. The van der Waals surface area contributed by atoms with E-state index in [1.807, 2.05) is 12.3 Å². The van der Waals surface area contributed by atoms with Gasteiger partial charge in [0.1, 0.15) is 5.65 Å². The lowest BCUT2D eigenvalue weighted by Crippen LogP contribution is -2.27. The van der Waals surface area contributed by atoms with Gasteiger partial charge in [-0.3, -0.25) is 0 Å². The number of rotatable bonds is 2. The van der Waals surface area contributed by atoms with Crippen LogP contribution in [-0.4, -0.2) is 22.1 Å². The smallest absolute Gasteiger partial charge is 0.140 e. The Labute approximate surface area is 95.5 Å². The summed E-state index contributed by atoms with van der Waals surface area (Å²) < 4.78 is 2.33. The number of pyridine rings is 1. The van der Waals surface area contributed by atoms with Crippen LogP contribution in [0.15, 0.2) is 24.4 Å². The van der Waals surface area contributed by atoms with Crippen molar-refractivity contribution in [2.75, 3.05) is 6.54 Å². The topological polar surface area (TPSA) is 29.9 Å². The highest BCUT2D eigenvalue weighted by molar-refractivity contribution is 5.77. The van der Waals surface area contributed by atoms with Crippen LogP contribution in [0.1, 0.15) is 18.5 Å². The summed E-state index contributed by atoms with van der Waals surface area (Å²) >= 11 is 0. The molecule has 0 radical (unpaired) electrons. The Balaban J connectivity index is 1.98. The van der Waals surface area contributed by atoms with Crippen LogP contribution >= 0.6 is 0 Å². The Morgan fingerprint density at radius 1 is 1.56 bits per heavy atom. The average molecular weight is 215 g/mol. The van der Waals surface area contributed by atoms with Crippen molar-refractivity contribution in [3.63, 3.8) is 0 Å². The van der Waals surface area contributed by atoms with Crippen LogP contribution < -0.4 is 5.32 Å². The van der Waals surface area contributed by atoms with E-state index in [2.05, 4.69) is 33.9 Å². The molecule has 3 rings (SSSR count). The van der Waals surface area contributed by atoms with Gasteiger partial charge in [0.25, 0.3) is 0 Å². The van der Waals surface area contributed by atoms with Crippen LogP contribution in [0, 0.1) is 6.92 Å². The molecule has 1 aliphatic rings. The van der Waals surface area contributed by atoms with E-state index in [9.17, 15) is 0 Å². The zero-order valence-electron chi connectivity index (χ0n) is 9.61. The highest BCUT2D eigenvalue weighted by atomic mass is 15.1. The molecule has 1 fully saturated rings. The van der Waals surface area contributed by atoms with Gasteiger partial charge in [0.2, 0.25) is 0 Å². The van der Waals surface area contributed by atoms with Gasteiger partial charge >= 0.3 is 0 Å². The summed E-state index contributed by atoms with van der Waals surface area (Å²) in [6.45, 7) is 4.37. The predicted octanol–water partition coefficient (Wildman–Crippen LogP) is 2.10. The summed E-state index contributed by atoms with van der Waals surface area (Å²) in [4.78, 5) is 4.48. The minimum absolute atomic E-state index is 0.622. The molecule has 1 N–H and O–H groups in total. The molecule has 2 aromatic heterocycles. The Morgan fingerprint density at radius 3 is 3.31 bits per heavy atom. The van der Waals surface area contributed by atoms with Crippen molar-refractivity contribution >= 4 is 11.0 Å². The van der Waals surface area contributed by atoms with Crippen molar-refractivity contribution in [3.8, 4) is 0 Å². The summed E-state index contributed by atoms with van der Waals surface area (Å²) in [5, 5.41) is 4.79. The largest absolute Gasteiger partial charge is 0.328 e. The Kier molecular flexibility index (Phi) is 2.40. The summed E-state index contributed by atoms with van der Waals surface area (Å²) in [5.41, 5.74) is 2.43. The second-order valence-corrected chi connectivity index (χ2v) is 4.61. The van der Waals surface area contributed by atoms with E-state index in [4.69, 9.17) is 0 Å². The van der Waals surface area contributed by atoms with E-state index in [0.29, 0.717) is 6.04 Å². The van der Waals surface area contributed by atoms with Crippen molar-refractivity contribution in [1.82, 2.24) is 14.9 Å². The first-order valence-corrected chi connectivity index (χ1v) is 5.99. The number of nitrogens with zero attached hydrogens (tertiary/aromatic N) is 2. The van der Waals surface area contributed by atoms with Crippen LogP contribution in [0.3, 0.4) is 0 Å². The van der Waals surface area contributed by atoms with Gasteiger partial charge in [-0.25, -0.2) is 4.98 Å². The molecule has 1 unspecified atom stereocenters. The number of aryl methyl sites for hydroxylation is 1. The number of aromatic nitrogens is 2. The van der Waals surface area contributed by atoms with Crippen LogP contribution in [0.25, 0.3) is 11.0 Å². The van der Waals surface area contributed by atoms with E-state index < -0.39 is 0 Å². The number of fused-ring (bicyclic) bond motifs is 1. The second kappa shape index (κ2) is 3.91. The summed E-state index contributed by atoms with van der Waals surface area (Å²) in [6.07, 6.45) is 4.46. The second-order valence-electron chi connectivity index (χ2n) is 4.61. The summed E-state index contributed by atoms with van der Waals surface area (Å²) in [6, 6.07) is 6.97. The van der Waals surface area contributed by atoms with Gasteiger partial charge in [-0.15, -0.1) is 0 Å². The Hall–Kier alpha value is -1.35. The predicted molar refractivity (Wildman–Crippen MR) is 65.5 cm³/mol. The standard InChI is InChI=1S/C13H17N3/c1-10-8-11-4-2-7-15-13(11)16(10)9-12-5-3-6-14-12/h2,4,7-8,12,14H,3,5-6,9H2,1H3. The highest BCUT2D eigenvalue weighted by Gasteiger charge is 2.16. The highest BCUT2D eigenvalue weighted by Crippen LogP contribution is 2.19. The molecular weight excluding hydrogens is 198 g/mol. The molecule has 84 valence electrons. The lowest BCUT2D eigenvalue weighted by atomic mass is 10.2. The lowest BCUT2D eigenvalue weighted by Gasteiger charge is -2.13. The molecule has 3 heterocycles. The maximum absolute atomic E-state index is 4.48.